The van der Waals surface area contributed by atoms with Gasteiger partial charge in [-0.15, -0.1) is 0 Å². The van der Waals surface area contributed by atoms with E-state index in [1.807, 2.05) is 18.2 Å². The zero-order valence-electron chi connectivity index (χ0n) is 9.64. The average molecular weight is 297 g/mol. The average Bonchev–Trinajstić information content (AvgIpc) is 2.28. The molecule has 0 aromatic heterocycles. The number of rotatable bonds is 4. The first-order valence-corrected chi connectivity index (χ1v) is 5.94. The maximum absolute atomic E-state index is 11.3. The van der Waals surface area contributed by atoms with Crippen molar-refractivity contribution < 1.29 is 4.79 Å². The highest BCUT2D eigenvalue weighted by Gasteiger charge is 2.06. The van der Waals surface area contributed by atoms with E-state index in [1.165, 1.54) is 5.56 Å². The SMILES string of the molecule is CC(C)c1ccc(NC(=O)CN=[N+]=[N-])c(Br)c1. The molecule has 0 fully saturated rings. The van der Waals surface area contributed by atoms with E-state index in [9.17, 15) is 4.79 Å². The normalized spacial score (nSPS) is 9.88. The first kappa shape index (κ1) is 13.5. The predicted molar refractivity (Wildman–Crippen MR) is 70.9 cm³/mol. The first-order chi connectivity index (χ1) is 8.04. The van der Waals surface area contributed by atoms with E-state index in [0.29, 0.717) is 11.6 Å². The summed E-state index contributed by atoms with van der Waals surface area (Å²) < 4.78 is 0.818. The molecule has 17 heavy (non-hydrogen) atoms. The van der Waals surface area contributed by atoms with Crippen molar-refractivity contribution in [1.82, 2.24) is 0 Å². The van der Waals surface area contributed by atoms with Crippen LogP contribution in [0.1, 0.15) is 25.3 Å². The third kappa shape index (κ3) is 4.09. The van der Waals surface area contributed by atoms with E-state index in [2.05, 4.69) is 45.1 Å². The number of nitrogens with one attached hydrogen (secondary N) is 1. The van der Waals surface area contributed by atoms with E-state index in [-0.39, 0.29) is 12.5 Å². The molecule has 1 N–H and O–H groups in total. The van der Waals surface area contributed by atoms with Gasteiger partial charge in [-0.05, 0) is 45.1 Å². The molecule has 1 aromatic rings. The van der Waals surface area contributed by atoms with Gasteiger partial charge in [0.15, 0.2) is 0 Å². The minimum absolute atomic E-state index is 0.200. The number of hydrogen-bond acceptors (Lipinski definition) is 2. The Morgan fingerprint density at radius 2 is 2.29 bits per heavy atom. The van der Waals surface area contributed by atoms with Crippen molar-refractivity contribution in [3.05, 3.63) is 38.7 Å². The number of carbonyl (C=O) groups excluding carboxylic acids is 1. The highest BCUT2D eigenvalue weighted by Crippen LogP contribution is 2.26. The van der Waals surface area contributed by atoms with Gasteiger partial charge in [0, 0.05) is 9.38 Å². The number of amides is 1. The molecule has 0 heterocycles. The number of anilines is 1. The molecule has 1 amide bonds. The summed E-state index contributed by atoms with van der Waals surface area (Å²) in [5.41, 5.74) is 9.96. The second-order valence-corrected chi connectivity index (χ2v) is 4.69. The molecule has 0 bridgehead atoms. The van der Waals surface area contributed by atoms with Crippen molar-refractivity contribution in [3.8, 4) is 0 Å². The molecule has 1 rings (SSSR count). The minimum atomic E-state index is -0.333. The standard InChI is InChI=1S/C11H13BrN4O/c1-7(2)8-3-4-10(9(12)5-8)15-11(17)6-14-16-13/h3-5,7H,6H2,1-2H3,(H,15,17). The van der Waals surface area contributed by atoms with Gasteiger partial charge < -0.3 is 5.32 Å². The zero-order chi connectivity index (χ0) is 12.8. The molecule has 6 heteroatoms. The van der Waals surface area contributed by atoms with Gasteiger partial charge in [0.05, 0.1) is 5.69 Å². The Kier molecular flexibility index (Phi) is 5.00. The van der Waals surface area contributed by atoms with Crippen LogP contribution in [0.3, 0.4) is 0 Å². The van der Waals surface area contributed by atoms with Crippen molar-refractivity contribution >= 4 is 27.5 Å². The van der Waals surface area contributed by atoms with Crippen LogP contribution in [0, 0.1) is 0 Å². The monoisotopic (exact) mass is 296 g/mol. The van der Waals surface area contributed by atoms with Crippen LogP contribution in [0.5, 0.6) is 0 Å². The Hall–Kier alpha value is -1.52. The van der Waals surface area contributed by atoms with Crippen molar-refractivity contribution in [3.63, 3.8) is 0 Å². The molecule has 0 spiro atoms. The van der Waals surface area contributed by atoms with Gasteiger partial charge in [0.2, 0.25) is 5.91 Å². The summed E-state index contributed by atoms with van der Waals surface area (Å²) in [6, 6.07) is 5.75. The van der Waals surface area contributed by atoms with E-state index in [4.69, 9.17) is 5.53 Å². The van der Waals surface area contributed by atoms with E-state index in [1.54, 1.807) is 0 Å². The predicted octanol–water partition coefficient (Wildman–Crippen LogP) is 3.82. The summed E-state index contributed by atoms with van der Waals surface area (Å²) in [5.74, 6) is 0.0973. The maximum Gasteiger partial charge on any atom is 0.230 e. The summed E-state index contributed by atoms with van der Waals surface area (Å²) >= 11 is 3.39. The topological polar surface area (TPSA) is 77.9 Å². The molecule has 1 aromatic carbocycles. The summed E-state index contributed by atoms with van der Waals surface area (Å²) in [6.45, 7) is 4.00. The van der Waals surface area contributed by atoms with Crippen LogP contribution in [-0.4, -0.2) is 12.5 Å². The van der Waals surface area contributed by atoms with Crippen LogP contribution < -0.4 is 5.32 Å². The number of benzene rings is 1. The van der Waals surface area contributed by atoms with Crippen molar-refractivity contribution in [2.45, 2.75) is 19.8 Å². The molecular formula is C11H13BrN4O. The smallest absolute Gasteiger partial charge is 0.230 e. The number of halogens is 1. The van der Waals surface area contributed by atoms with Crippen LogP contribution in [0.2, 0.25) is 0 Å². The molecule has 0 radical (unpaired) electrons. The van der Waals surface area contributed by atoms with Gasteiger partial charge in [-0.25, -0.2) is 0 Å². The number of nitrogens with zero attached hydrogens (tertiary/aromatic N) is 3. The van der Waals surface area contributed by atoms with Crippen LogP contribution in [0.4, 0.5) is 5.69 Å². The first-order valence-electron chi connectivity index (χ1n) is 5.14. The van der Waals surface area contributed by atoms with Gasteiger partial charge >= 0.3 is 0 Å². The van der Waals surface area contributed by atoms with Crippen LogP contribution >= 0.6 is 15.9 Å². The van der Waals surface area contributed by atoms with E-state index in [0.717, 1.165) is 4.47 Å². The van der Waals surface area contributed by atoms with Crippen molar-refractivity contribution in [2.24, 2.45) is 5.11 Å². The summed E-state index contributed by atoms with van der Waals surface area (Å²) in [4.78, 5) is 13.9. The summed E-state index contributed by atoms with van der Waals surface area (Å²) in [6.07, 6.45) is 0. The Morgan fingerprint density at radius 3 is 2.82 bits per heavy atom. The molecule has 0 atom stereocenters. The van der Waals surface area contributed by atoms with Gasteiger partial charge in [0.25, 0.3) is 0 Å². The lowest BCUT2D eigenvalue weighted by atomic mass is 10.0. The van der Waals surface area contributed by atoms with Crippen molar-refractivity contribution in [2.75, 3.05) is 11.9 Å². The molecule has 5 nitrogen and oxygen atoms in total. The zero-order valence-corrected chi connectivity index (χ0v) is 11.2. The van der Waals surface area contributed by atoms with Crippen molar-refractivity contribution in [1.29, 1.82) is 0 Å². The molecule has 0 unspecified atom stereocenters. The lowest BCUT2D eigenvalue weighted by molar-refractivity contribution is -0.114. The number of carbonyl (C=O) groups is 1. The molecular weight excluding hydrogens is 284 g/mol. The Morgan fingerprint density at radius 1 is 1.59 bits per heavy atom. The third-order valence-electron chi connectivity index (χ3n) is 2.21. The van der Waals surface area contributed by atoms with Gasteiger partial charge in [-0.1, -0.05) is 25.0 Å². The molecule has 0 saturated carbocycles. The fourth-order valence-corrected chi connectivity index (χ4v) is 1.77. The fraction of sp³-hybridized carbons (Fsp3) is 0.364. The third-order valence-corrected chi connectivity index (χ3v) is 2.87. The highest BCUT2D eigenvalue weighted by molar-refractivity contribution is 9.10. The molecule has 90 valence electrons. The lowest BCUT2D eigenvalue weighted by Gasteiger charge is -2.10. The Labute approximate surface area is 108 Å². The molecule has 0 aliphatic rings. The van der Waals surface area contributed by atoms with Crippen LogP contribution in [0.15, 0.2) is 27.8 Å². The van der Waals surface area contributed by atoms with Gasteiger partial charge in [0.1, 0.15) is 6.54 Å². The van der Waals surface area contributed by atoms with Crippen LogP contribution in [0.25, 0.3) is 10.4 Å². The van der Waals surface area contributed by atoms with Gasteiger partial charge in [-0.2, -0.15) is 0 Å². The highest BCUT2D eigenvalue weighted by atomic mass is 79.9. The lowest BCUT2D eigenvalue weighted by Crippen LogP contribution is -2.14. The van der Waals surface area contributed by atoms with Gasteiger partial charge in [-0.3, -0.25) is 4.79 Å². The van der Waals surface area contributed by atoms with E-state index >= 15 is 0 Å². The largest absolute Gasteiger partial charge is 0.325 e. The minimum Gasteiger partial charge on any atom is -0.325 e. The second-order valence-electron chi connectivity index (χ2n) is 3.83. The molecule has 0 saturated heterocycles. The summed E-state index contributed by atoms with van der Waals surface area (Å²) in [5, 5.41) is 5.86. The molecule has 0 aliphatic carbocycles. The quantitative estimate of drug-likeness (QED) is 0.512. The number of hydrogen-bond donors (Lipinski definition) is 1. The second kappa shape index (κ2) is 6.27. The van der Waals surface area contributed by atoms with E-state index < -0.39 is 0 Å². The fourth-order valence-electron chi connectivity index (χ4n) is 1.28. The van der Waals surface area contributed by atoms with Crippen LogP contribution in [-0.2, 0) is 4.79 Å². The summed E-state index contributed by atoms with van der Waals surface area (Å²) in [7, 11) is 0. The molecule has 0 aliphatic heterocycles. The Balaban J connectivity index is 2.79. The maximum atomic E-state index is 11.3. The number of azide groups is 1. The Bertz CT molecular complexity index is 467.